The van der Waals surface area contributed by atoms with Crippen molar-refractivity contribution >= 4 is 5.91 Å². The molecule has 82 valence electrons. The van der Waals surface area contributed by atoms with Crippen LogP contribution in [0.15, 0.2) is 0 Å². The lowest BCUT2D eigenvalue weighted by atomic mass is 9.99. The molecule has 2 unspecified atom stereocenters. The van der Waals surface area contributed by atoms with Gasteiger partial charge in [-0.3, -0.25) is 4.79 Å². The first-order valence-electron chi connectivity index (χ1n) is 5.64. The molecule has 3 atom stereocenters. The van der Waals surface area contributed by atoms with Gasteiger partial charge in [0.1, 0.15) is 0 Å². The second-order valence-corrected chi connectivity index (χ2v) is 4.43. The third-order valence-electron chi connectivity index (χ3n) is 3.38. The molecule has 0 aromatic heterocycles. The van der Waals surface area contributed by atoms with E-state index in [4.69, 9.17) is 5.73 Å². The molecule has 0 spiro atoms. The van der Waals surface area contributed by atoms with Gasteiger partial charge in [-0.15, -0.1) is 0 Å². The van der Waals surface area contributed by atoms with Crippen molar-refractivity contribution in [2.24, 2.45) is 11.7 Å². The molecule has 1 rings (SSSR count). The predicted octanol–water partition coefficient (Wildman–Crippen LogP) is 1.37. The fourth-order valence-corrected chi connectivity index (χ4v) is 1.95. The first kappa shape index (κ1) is 11.5. The predicted molar refractivity (Wildman–Crippen MR) is 57.8 cm³/mol. The molecular weight excluding hydrogens is 176 g/mol. The quantitative estimate of drug-likeness (QED) is 0.744. The lowest BCUT2D eigenvalue weighted by molar-refractivity contribution is -0.134. The van der Waals surface area contributed by atoms with Gasteiger partial charge in [-0.2, -0.15) is 0 Å². The maximum atomic E-state index is 12.0. The summed E-state index contributed by atoms with van der Waals surface area (Å²) in [5, 5.41) is 0. The van der Waals surface area contributed by atoms with E-state index < -0.39 is 0 Å². The Morgan fingerprint density at radius 2 is 2.29 bits per heavy atom. The van der Waals surface area contributed by atoms with E-state index in [2.05, 4.69) is 13.8 Å². The van der Waals surface area contributed by atoms with Crippen LogP contribution in [0.1, 0.15) is 40.0 Å². The normalized spacial score (nSPS) is 26.3. The Kier molecular flexibility index (Phi) is 3.93. The average molecular weight is 198 g/mol. The fourth-order valence-electron chi connectivity index (χ4n) is 1.95. The monoisotopic (exact) mass is 198 g/mol. The Labute approximate surface area is 86.6 Å². The van der Waals surface area contributed by atoms with Gasteiger partial charge in [-0.25, -0.2) is 0 Å². The van der Waals surface area contributed by atoms with Gasteiger partial charge in [0.05, 0.1) is 6.04 Å². The lowest BCUT2D eigenvalue weighted by Crippen LogP contribution is -2.48. The van der Waals surface area contributed by atoms with Crippen LogP contribution < -0.4 is 5.73 Å². The molecule has 0 bridgehead atoms. The van der Waals surface area contributed by atoms with Crippen molar-refractivity contribution in [1.29, 1.82) is 0 Å². The standard InChI is InChI=1S/C11H22N2O/c1-4-8(2)10(12)11(14)13-7-5-6-9(13)3/h8-10H,4-7,12H2,1-3H3/t8?,9?,10-/m0/s1. The highest BCUT2D eigenvalue weighted by Crippen LogP contribution is 2.19. The maximum absolute atomic E-state index is 12.0. The Bertz CT molecular complexity index is 205. The molecule has 2 N–H and O–H groups in total. The van der Waals surface area contributed by atoms with Crippen LogP contribution in [0.3, 0.4) is 0 Å². The SMILES string of the molecule is CCC(C)[C@H](N)C(=O)N1CCCC1C. The molecule has 1 amide bonds. The fraction of sp³-hybridized carbons (Fsp3) is 0.909. The molecule has 1 fully saturated rings. The average Bonchev–Trinajstić information content (AvgIpc) is 2.61. The Hall–Kier alpha value is -0.570. The Balaban J connectivity index is 2.55. The minimum absolute atomic E-state index is 0.143. The first-order valence-corrected chi connectivity index (χ1v) is 5.64. The molecule has 0 saturated carbocycles. The van der Waals surface area contributed by atoms with Crippen LogP contribution in [-0.2, 0) is 4.79 Å². The molecule has 3 nitrogen and oxygen atoms in total. The third-order valence-corrected chi connectivity index (χ3v) is 3.38. The van der Waals surface area contributed by atoms with Crippen molar-refractivity contribution in [3.8, 4) is 0 Å². The van der Waals surface area contributed by atoms with Crippen molar-refractivity contribution in [2.45, 2.75) is 52.1 Å². The lowest BCUT2D eigenvalue weighted by Gasteiger charge is -2.27. The van der Waals surface area contributed by atoms with Gasteiger partial charge in [0.15, 0.2) is 0 Å². The van der Waals surface area contributed by atoms with Gasteiger partial charge >= 0.3 is 0 Å². The zero-order valence-electron chi connectivity index (χ0n) is 9.49. The zero-order valence-corrected chi connectivity index (χ0v) is 9.49. The smallest absolute Gasteiger partial charge is 0.239 e. The summed E-state index contributed by atoms with van der Waals surface area (Å²) in [6.45, 7) is 7.12. The molecule has 3 heteroatoms. The molecule has 1 heterocycles. The molecule has 0 aromatic carbocycles. The van der Waals surface area contributed by atoms with Crippen LogP contribution in [-0.4, -0.2) is 29.4 Å². The van der Waals surface area contributed by atoms with Gasteiger partial charge in [-0.05, 0) is 25.7 Å². The first-order chi connectivity index (χ1) is 6.57. The maximum Gasteiger partial charge on any atom is 0.239 e. The largest absolute Gasteiger partial charge is 0.339 e. The third kappa shape index (κ3) is 2.27. The number of amides is 1. The van der Waals surface area contributed by atoms with Crippen LogP contribution in [0, 0.1) is 5.92 Å². The number of carbonyl (C=O) groups is 1. The summed E-state index contributed by atoms with van der Waals surface area (Å²) in [4.78, 5) is 13.9. The molecule has 1 aliphatic rings. The Morgan fingerprint density at radius 3 is 2.71 bits per heavy atom. The van der Waals surface area contributed by atoms with Crippen molar-refractivity contribution in [2.75, 3.05) is 6.54 Å². The van der Waals surface area contributed by atoms with E-state index in [0.717, 1.165) is 25.8 Å². The van der Waals surface area contributed by atoms with Gasteiger partial charge in [0.2, 0.25) is 5.91 Å². The van der Waals surface area contributed by atoms with Crippen molar-refractivity contribution < 1.29 is 4.79 Å². The van der Waals surface area contributed by atoms with Crippen LogP contribution in [0.2, 0.25) is 0 Å². The summed E-state index contributed by atoms with van der Waals surface area (Å²) in [6, 6.07) is 0.0816. The zero-order chi connectivity index (χ0) is 10.7. The summed E-state index contributed by atoms with van der Waals surface area (Å²) in [5.74, 6) is 0.430. The second-order valence-electron chi connectivity index (χ2n) is 4.43. The minimum Gasteiger partial charge on any atom is -0.339 e. The number of hydrogen-bond acceptors (Lipinski definition) is 2. The number of rotatable bonds is 3. The number of nitrogens with two attached hydrogens (primary N) is 1. The number of nitrogens with zero attached hydrogens (tertiary/aromatic N) is 1. The van der Waals surface area contributed by atoms with Crippen molar-refractivity contribution in [3.05, 3.63) is 0 Å². The number of likely N-dealkylation sites (tertiary alicyclic amines) is 1. The summed E-state index contributed by atoms with van der Waals surface area (Å²) in [7, 11) is 0. The Morgan fingerprint density at radius 1 is 1.64 bits per heavy atom. The van der Waals surface area contributed by atoms with E-state index in [0.29, 0.717) is 6.04 Å². The van der Waals surface area contributed by atoms with Crippen LogP contribution in [0.25, 0.3) is 0 Å². The van der Waals surface area contributed by atoms with E-state index in [9.17, 15) is 4.79 Å². The van der Waals surface area contributed by atoms with Crippen molar-refractivity contribution in [1.82, 2.24) is 4.90 Å². The van der Waals surface area contributed by atoms with Gasteiger partial charge in [0, 0.05) is 12.6 Å². The molecule has 1 saturated heterocycles. The molecule has 14 heavy (non-hydrogen) atoms. The molecule has 0 aromatic rings. The molecule has 0 radical (unpaired) electrons. The highest BCUT2D eigenvalue weighted by molar-refractivity contribution is 5.82. The van der Waals surface area contributed by atoms with E-state index in [1.165, 1.54) is 0 Å². The molecular formula is C11H22N2O. The number of carbonyl (C=O) groups excluding carboxylic acids is 1. The van der Waals surface area contributed by atoms with Gasteiger partial charge in [0.25, 0.3) is 0 Å². The van der Waals surface area contributed by atoms with E-state index >= 15 is 0 Å². The number of hydrogen-bond donors (Lipinski definition) is 1. The summed E-state index contributed by atoms with van der Waals surface area (Å²) in [5.41, 5.74) is 5.92. The van der Waals surface area contributed by atoms with E-state index in [-0.39, 0.29) is 17.9 Å². The summed E-state index contributed by atoms with van der Waals surface area (Å²) < 4.78 is 0. The topological polar surface area (TPSA) is 46.3 Å². The minimum atomic E-state index is -0.305. The van der Waals surface area contributed by atoms with Crippen molar-refractivity contribution in [3.63, 3.8) is 0 Å². The molecule has 1 aliphatic heterocycles. The molecule has 0 aliphatic carbocycles. The van der Waals surface area contributed by atoms with Gasteiger partial charge in [-0.1, -0.05) is 20.3 Å². The van der Waals surface area contributed by atoms with Crippen LogP contribution in [0.4, 0.5) is 0 Å². The van der Waals surface area contributed by atoms with Gasteiger partial charge < -0.3 is 10.6 Å². The second kappa shape index (κ2) is 4.78. The summed E-state index contributed by atoms with van der Waals surface area (Å²) in [6.07, 6.45) is 3.22. The van der Waals surface area contributed by atoms with Crippen LogP contribution >= 0.6 is 0 Å². The van der Waals surface area contributed by atoms with E-state index in [1.54, 1.807) is 0 Å². The van der Waals surface area contributed by atoms with E-state index in [1.807, 2.05) is 11.8 Å². The summed E-state index contributed by atoms with van der Waals surface area (Å²) >= 11 is 0. The highest BCUT2D eigenvalue weighted by Gasteiger charge is 2.30. The highest BCUT2D eigenvalue weighted by atomic mass is 16.2. The van der Waals surface area contributed by atoms with Crippen LogP contribution in [0.5, 0.6) is 0 Å².